The van der Waals surface area contributed by atoms with Gasteiger partial charge in [-0.2, -0.15) is 0 Å². The molecule has 0 bridgehead atoms. The lowest BCUT2D eigenvalue weighted by atomic mass is 10.1. The first-order valence-electron chi connectivity index (χ1n) is 4.87. The van der Waals surface area contributed by atoms with E-state index in [1.165, 1.54) is 18.1 Å². The van der Waals surface area contributed by atoms with E-state index in [1.807, 2.05) is 0 Å². The first-order valence-corrected chi connectivity index (χ1v) is 5.66. The van der Waals surface area contributed by atoms with Crippen LogP contribution >= 0.6 is 15.9 Å². The molecule has 0 spiro atoms. The van der Waals surface area contributed by atoms with Gasteiger partial charge in [0, 0.05) is 17.1 Å². The van der Waals surface area contributed by atoms with Crippen molar-refractivity contribution < 1.29 is 14.5 Å². The maximum absolute atomic E-state index is 11.5. The average molecular weight is 301 g/mol. The second kappa shape index (κ2) is 4.33. The standard InChI is InChI=1S/C10H9BrN2O4/c1-17-10(14)12-3-2-6-4-7(11)5-8(9(6)12)13(15)16/h4-5H,2-3H2,1H3. The number of hydrogen-bond acceptors (Lipinski definition) is 4. The lowest BCUT2D eigenvalue weighted by molar-refractivity contribution is -0.384. The first kappa shape index (κ1) is 11.8. The van der Waals surface area contributed by atoms with Crippen LogP contribution in [0.2, 0.25) is 0 Å². The van der Waals surface area contributed by atoms with E-state index in [2.05, 4.69) is 20.7 Å². The van der Waals surface area contributed by atoms with Crippen LogP contribution < -0.4 is 4.90 Å². The van der Waals surface area contributed by atoms with Crippen LogP contribution in [0, 0.1) is 10.1 Å². The molecule has 1 amide bonds. The van der Waals surface area contributed by atoms with Crippen molar-refractivity contribution in [1.29, 1.82) is 0 Å². The Bertz CT molecular complexity index is 503. The van der Waals surface area contributed by atoms with Crippen LogP contribution in [0.25, 0.3) is 0 Å². The molecule has 0 radical (unpaired) electrons. The molecule has 6 nitrogen and oxygen atoms in total. The number of methoxy groups -OCH3 is 1. The molecule has 0 fully saturated rings. The van der Waals surface area contributed by atoms with Crippen molar-refractivity contribution in [3.63, 3.8) is 0 Å². The molecule has 1 aliphatic rings. The summed E-state index contributed by atoms with van der Waals surface area (Å²) in [7, 11) is 1.25. The van der Waals surface area contributed by atoms with Crippen LogP contribution in [0.15, 0.2) is 16.6 Å². The number of rotatable bonds is 1. The fourth-order valence-corrected chi connectivity index (χ4v) is 2.41. The summed E-state index contributed by atoms with van der Waals surface area (Å²) in [5.41, 5.74) is 1.03. The van der Waals surface area contributed by atoms with Gasteiger partial charge in [-0.05, 0) is 18.1 Å². The number of amides is 1. The van der Waals surface area contributed by atoms with E-state index in [4.69, 9.17) is 0 Å². The van der Waals surface area contributed by atoms with Crippen molar-refractivity contribution in [2.24, 2.45) is 0 Å². The van der Waals surface area contributed by atoms with Crippen molar-refractivity contribution in [3.05, 3.63) is 32.3 Å². The Balaban J connectivity index is 2.57. The van der Waals surface area contributed by atoms with Crippen molar-refractivity contribution in [1.82, 2.24) is 0 Å². The van der Waals surface area contributed by atoms with Gasteiger partial charge in [-0.15, -0.1) is 0 Å². The number of hydrogen-bond donors (Lipinski definition) is 0. The second-order valence-corrected chi connectivity index (χ2v) is 4.48. The van der Waals surface area contributed by atoms with Crippen LogP contribution in [0.5, 0.6) is 0 Å². The van der Waals surface area contributed by atoms with Gasteiger partial charge in [0.2, 0.25) is 0 Å². The van der Waals surface area contributed by atoms with E-state index >= 15 is 0 Å². The highest BCUT2D eigenvalue weighted by molar-refractivity contribution is 9.10. The molecular weight excluding hydrogens is 292 g/mol. The van der Waals surface area contributed by atoms with Gasteiger partial charge >= 0.3 is 6.09 Å². The van der Waals surface area contributed by atoms with E-state index in [9.17, 15) is 14.9 Å². The zero-order valence-corrected chi connectivity index (χ0v) is 10.6. The van der Waals surface area contributed by atoms with Crippen molar-refractivity contribution in [2.45, 2.75) is 6.42 Å². The lowest BCUT2D eigenvalue weighted by Crippen LogP contribution is -2.29. The molecule has 0 unspecified atom stereocenters. The summed E-state index contributed by atoms with van der Waals surface area (Å²) in [4.78, 5) is 23.3. The normalized spacial score (nSPS) is 13.4. The van der Waals surface area contributed by atoms with Gasteiger partial charge in [-0.3, -0.25) is 15.0 Å². The molecule has 0 saturated carbocycles. The van der Waals surface area contributed by atoms with Crippen molar-refractivity contribution in [2.75, 3.05) is 18.6 Å². The van der Waals surface area contributed by atoms with E-state index in [-0.39, 0.29) is 5.69 Å². The SMILES string of the molecule is COC(=O)N1CCc2cc(Br)cc([N+](=O)[O-])c21. The predicted octanol–water partition coefficient (Wildman–Crippen LogP) is 2.49. The third kappa shape index (κ3) is 1.97. The Labute approximate surface area is 105 Å². The average Bonchev–Trinajstić information content (AvgIpc) is 2.70. The minimum Gasteiger partial charge on any atom is -0.452 e. The summed E-state index contributed by atoms with van der Waals surface area (Å²) < 4.78 is 5.24. The van der Waals surface area contributed by atoms with Crippen molar-refractivity contribution in [3.8, 4) is 0 Å². The van der Waals surface area contributed by atoms with Crippen LogP contribution in [0.4, 0.5) is 16.2 Å². The maximum Gasteiger partial charge on any atom is 0.414 e. The zero-order chi connectivity index (χ0) is 12.6. The molecule has 1 aromatic rings. The molecule has 0 N–H and O–H groups in total. The van der Waals surface area contributed by atoms with Gasteiger partial charge in [-0.25, -0.2) is 4.79 Å². The molecule has 0 atom stereocenters. The second-order valence-electron chi connectivity index (χ2n) is 3.56. The Hall–Kier alpha value is -1.63. The fraction of sp³-hybridized carbons (Fsp3) is 0.300. The Morgan fingerprint density at radius 1 is 1.59 bits per heavy atom. The minimum atomic E-state index is -0.575. The summed E-state index contributed by atoms with van der Waals surface area (Å²) >= 11 is 3.22. The number of carbonyl (C=O) groups excluding carboxylic acids is 1. The van der Waals surface area contributed by atoms with Gasteiger partial charge in [0.1, 0.15) is 5.69 Å². The molecule has 1 aromatic carbocycles. The van der Waals surface area contributed by atoms with Crippen LogP contribution in [-0.4, -0.2) is 24.7 Å². The van der Waals surface area contributed by atoms with E-state index < -0.39 is 11.0 Å². The Morgan fingerprint density at radius 2 is 2.29 bits per heavy atom. The third-order valence-corrected chi connectivity index (χ3v) is 3.06. The number of nitro groups is 1. The van der Waals surface area contributed by atoms with Gasteiger partial charge in [0.25, 0.3) is 5.69 Å². The maximum atomic E-state index is 11.5. The predicted molar refractivity (Wildman–Crippen MR) is 64.3 cm³/mol. The number of nitrogens with zero attached hydrogens (tertiary/aromatic N) is 2. The fourth-order valence-electron chi connectivity index (χ4n) is 1.92. The smallest absolute Gasteiger partial charge is 0.414 e. The summed E-state index contributed by atoms with van der Waals surface area (Å²) in [6.45, 7) is 0.402. The quantitative estimate of drug-likeness (QED) is 0.590. The summed E-state index contributed by atoms with van der Waals surface area (Å²) in [5.74, 6) is 0. The van der Waals surface area contributed by atoms with E-state index in [0.717, 1.165) is 5.56 Å². The Kier molecular flexibility index (Phi) is 3.01. The van der Waals surface area contributed by atoms with Crippen LogP contribution in [0.3, 0.4) is 0 Å². The highest BCUT2D eigenvalue weighted by Gasteiger charge is 2.33. The molecule has 1 heterocycles. The number of benzene rings is 1. The highest BCUT2D eigenvalue weighted by Crippen LogP contribution is 2.39. The lowest BCUT2D eigenvalue weighted by Gasteiger charge is -2.15. The van der Waals surface area contributed by atoms with Crippen LogP contribution in [-0.2, 0) is 11.2 Å². The molecule has 0 aliphatic carbocycles. The summed E-state index contributed by atoms with van der Waals surface area (Å²) in [6, 6.07) is 3.17. The van der Waals surface area contributed by atoms with Gasteiger partial charge in [0.15, 0.2) is 0 Å². The number of carbonyl (C=O) groups is 1. The summed E-state index contributed by atoms with van der Waals surface area (Å²) in [5, 5.41) is 11.0. The topological polar surface area (TPSA) is 72.7 Å². The molecule has 90 valence electrons. The Morgan fingerprint density at radius 3 is 2.88 bits per heavy atom. The minimum absolute atomic E-state index is 0.0859. The third-order valence-electron chi connectivity index (χ3n) is 2.60. The van der Waals surface area contributed by atoms with Crippen LogP contribution in [0.1, 0.15) is 5.56 Å². The molecule has 0 aromatic heterocycles. The van der Waals surface area contributed by atoms with Gasteiger partial charge in [-0.1, -0.05) is 15.9 Å². The molecule has 7 heteroatoms. The van der Waals surface area contributed by atoms with E-state index in [1.54, 1.807) is 6.07 Å². The monoisotopic (exact) mass is 300 g/mol. The number of nitro benzene ring substituents is 1. The number of anilines is 1. The highest BCUT2D eigenvalue weighted by atomic mass is 79.9. The molecule has 17 heavy (non-hydrogen) atoms. The van der Waals surface area contributed by atoms with Crippen molar-refractivity contribution >= 4 is 33.4 Å². The first-order chi connectivity index (χ1) is 8.04. The molecule has 0 saturated heterocycles. The zero-order valence-electron chi connectivity index (χ0n) is 8.97. The van der Waals surface area contributed by atoms with Gasteiger partial charge in [0.05, 0.1) is 12.0 Å². The molecular formula is C10H9BrN2O4. The number of halogens is 1. The molecule has 1 aliphatic heterocycles. The summed E-state index contributed by atoms with van der Waals surface area (Å²) in [6.07, 6.45) is 0.0132. The largest absolute Gasteiger partial charge is 0.452 e. The van der Waals surface area contributed by atoms with Gasteiger partial charge < -0.3 is 4.74 Å². The number of ether oxygens (including phenoxy) is 1. The molecule has 2 rings (SSSR count). The van der Waals surface area contributed by atoms with E-state index in [0.29, 0.717) is 23.1 Å². The number of fused-ring (bicyclic) bond motifs is 1.